The number of nitrogens with two attached hydrogens (primary N) is 1. The molecule has 3 N–H and O–H groups in total. The number of carbonyl (C=O) groups excluding carboxylic acids is 2. The highest BCUT2D eigenvalue weighted by molar-refractivity contribution is 5.80. The van der Waals surface area contributed by atoms with Crippen LogP contribution in [0.25, 0.3) is 10.9 Å². The first-order valence-corrected chi connectivity index (χ1v) is 9.27. The fourth-order valence-corrected chi connectivity index (χ4v) is 3.85. The van der Waals surface area contributed by atoms with Crippen molar-refractivity contribution in [2.75, 3.05) is 13.1 Å². The van der Waals surface area contributed by atoms with Gasteiger partial charge >= 0.3 is 0 Å². The van der Waals surface area contributed by atoms with E-state index in [1.807, 2.05) is 12.1 Å². The smallest absolute Gasteiger partial charge is 0.274 e. The van der Waals surface area contributed by atoms with Gasteiger partial charge in [0.05, 0.1) is 10.9 Å². The molecule has 1 aromatic carbocycles. The topological polar surface area (TPSA) is 119 Å². The number of para-hydroxylation sites is 1. The molecule has 1 fully saturated rings. The highest BCUT2D eigenvalue weighted by Gasteiger charge is 2.28. The van der Waals surface area contributed by atoms with Gasteiger partial charge in [-0.3, -0.25) is 19.5 Å². The van der Waals surface area contributed by atoms with Crippen LogP contribution >= 0.6 is 0 Å². The molecule has 9 nitrogen and oxygen atoms in total. The van der Waals surface area contributed by atoms with Crippen LogP contribution in [0.5, 0.6) is 0 Å². The number of likely N-dealkylation sites (tertiary alicyclic amines) is 1. The minimum absolute atomic E-state index is 0.0318. The van der Waals surface area contributed by atoms with E-state index in [-0.39, 0.29) is 30.5 Å². The molecule has 1 atom stereocenters. The molecule has 28 heavy (non-hydrogen) atoms. The molecule has 3 heterocycles. The lowest BCUT2D eigenvalue weighted by Gasteiger charge is -2.32. The molecule has 0 radical (unpaired) electrons. The number of aromatic nitrogens is 4. The second-order valence-corrected chi connectivity index (χ2v) is 7.11. The zero-order valence-corrected chi connectivity index (χ0v) is 15.4. The molecular weight excluding hydrogens is 360 g/mol. The monoisotopic (exact) mass is 382 g/mol. The van der Waals surface area contributed by atoms with Crippen LogP contribution < -0.4 is 11.3 Å². The van der Waals surface area contributed by atoms with Gasteiger partial charge in [0.1, 0.15) is 18.9 Å². The Kier molecular flexibility index (Phi) is 4.72. The standard InChI is InChI=1S/C19H22N6O3/c20-16(26)11-24-9-7-21-18(24)13-4-3-8-23(10-13)17(27)12-25-19(28)14-5-1-2-6-15(14)22-25/h1-2,5-7,9,13,22H,3-4,8,10-12H2,(H2,20,26)/t13-/m0/s1. The Morgan fingerprint density at radius 3 is 2.86 bits per heavy atom. The number of fused-ring (bicyclic) bond motifs is 1. The molecule has 1 aliphatic rings. The summed E-state index contributed by atoms with van der Waals surface area (Å²) < 4.78 is 3.09. The van der Waals surface area contributed by atoms with E-state index < -0.39 is 5.91 Å². The van der Waals surface area contributed by atoms with Gasteiger partial charge < -0.3 is 15.2 Å². The van der Waals surface area contributed by atoms with Crippen LogP contribution in [0.2, 0.25) is 0 Å². The predicted molar refractivity (Wildman–Crippen MR) is 103 cm³/mol. The van der Waals surface area contributed by atoms with E-state index in [2.05, 4.69) is 10.1 Å². The fourth-order valence-electron chi connectivity index (χ4n) is 3.85. The number of nitrogens with one attached hydrogen (secondary N) is 1. The highest BCUT2D eigenvalue weighted by atomic mass is 16.2. The summed E-state index contributed by atoms with van der Waals surface area (Å²) in [6.45, 7) is 1.19. The second-order valence-electron chi connectivity index (χ2n) is 7.11. The average Bonchev–Trinajstić information content (AvgIpc) is 3.26. The Labute approximate surface area is 160 Å². The SMILES string of the molecule is NC(=O)Cn1ccnc1[C@H]1CCCN(C(=O)Cn2[nH]c3ccccc3c2=O)C1. The van der Waals surface area contributed by atoms with Gasteiger partial charge in [-0.2, -0.15) is 0 Å². The van der Waals surface area contributed by atoms with Gasteiger partial charge in [0.15, 0.2) is 0 Å². The molecule has 1 aliphatic heterocycles. The largest absolute Gasteiger partial charge is 0.368 e. The Bertz CT molecular complexity index is 1080. The fraction of sp³-hybridized carbons (Fsp3) is 0.368. The van der Waals surface area contributed by atoms with Gasteiger partial charge in [-0.15, -0.1) is 0 Å². The predicted octanol–water partition coefficient (Wildman–Crippen LogP) is 0.418. The van der Waals surface area contributed by atoms with Gasteiger partial charge in [-0.05, 0) is 25.0 Å². The zero-order chi connectivity index (χ0) is 19.7. The van der Waals surface area contributed by atoms with E-state index in [0.29, 0.717) is 24.0 Å². The lowest BCUT2D eigenvalue weighted by Crippen LogP contribution is -2.42. The van der Waals surface area contributed by atoms with Crippen molar-refractivity contribution in [1.29, 1.82) is 0 Å². The number of hydrogen-bond donors (Lipinski definition) is 2. The molecule has 3 aromatic rings. The van der Waals surface area contributed by atoms with Crippen molar-refractivity contribution in [1.82, 2.24) is 24.2 Å². The first-order valence-electron chi connectivity index (χ1n) is 9.27. The number of piperidine rings is 1. The van der Waals surface area contributed by atoms with Gasteiger partial charge in [-0.25, -0.2) is 9.67 Å². The van der Waals surface area contributed by atoms with Crippen LogP contribution in [0.3, 0.4) is 0 Å². The molecular formula is C19H22N6O3. The van der Waals surface area contributed by atoms with Crippen LogP contribution in [0.15, 0.2) is 41.5 Å². The third-order valence-electron chi connectivity index (χ3n) is 5.16. The first kappa shape index (κ1) is 18.0. The van der Waals surface area contributed by atoms with Crippen LogP contribution in [0, 0.1) is 0 Å². The van der Waals surface area contributed by atoms with Crippen molar-refractivity contribution in [3.63, 3.8) is 0 Å². The van der Waals surface area contributed by atoms with E-state index in [0.717, 1.165) is 18.7 Å². The summed E-state index contributed by atoms with van der Waals surface area (Å²) in [4.78, 5) is 42.7. The first-order chi connectivity index (χ1) is 13.5. The third kappa shape index (κ3) is 3.42. The number of rotatable bonds is 5. The maximum absolute atomic E-state index is 12.8. The number of aromatic amines is 1. The van der Waals surface area contributed by atoms with Gasteiger partial charge in [0.25, 0.3) is 5.56 Å². The maximum Gasteiger partial charge on any atom is 0.274 e. The number of amides is 2. The number of primary amides is 1. The number of imidazole rings is 1. The van der Waals surface area contributed by atoms with Crippen molar-refractivity contribution >= 4 is 22.7 Å². The third-order valence-corrected chi connectivity index (χ3v) is 5.16. The molecule has 4 rings (SSSR count). The number of benzene rings is 1. The maximum atomic E-state index is 12.8. The summed E-state index contributed by atoms with van der Waals surface area (Å²) in [6.07, 6.45) is 5.08. The van der Waals surface area contributed by atoms with E-state index in [9.17, 15) is 14.4 Å². The Morgan fingerprint density at radius 2 is 2.07 bits per heavy atom. The minimum atomic E-state index is -0.429. The summed E-state index contributed by atoms with van der Waals surface area (Å²) in [5, 5.41) is 3.56. The van der Waals surface area contributed by atoms with Crippen LogP contribution in [0.1, 0.15) is 24.6 Å². The summed E-state index contributed by atoms with van der Waals surface area (Å²) in [5.41, 5.74) is 5.82. The highest BCUT2D eigenvalue weighted by Crippen LogP contribution is 2.26. The number of carbonyl (C=O) groups is 2. The van der Waals surface area contributed by atoms with Crippen molar-refractivity contribution in [3.8, 4) is 0 Å². The normalized spacial score (nSPS) is 17.1. The Hall–Kier alpha value is -3.36. The molecule has 146 valence electrons. The summed E-state index contributed by atoms with van der Waals surface area (Å²) in [5.74, 6) is 0.248. The molecule has 0 spiro atoms. The molecule has 2 amide bonds. The van der Waals surface area contributed by atoms with Crippen molar-refractivity contribution in [2.24, 2.45) is 5.73 Å². The summed E-state index contributed by atoms with van der Waals surface area (Å²) in [7, 11) is 0. The van der Waals surface area contributed by atoms with Crippen LogP contribution in [0.4, 0.5) is 0 Å². The average molecular weight is 382 g/mol. The van der Waals surface area contributed by atoms with Crippen molar-refractivity contribution in [3.05, 3.63) is 52.8 Å². The number of hydrogen-bond acceptors (Lipinski definition) is 4. The van der Waals surface area contributed by atoms with Crippen LogP contribution in [-0.2, 0) is 22.7 Å². The molecule has 0 unspecified atom stereocenters. The molecule has 0 saturated carbocycles. The van der Waals surface area contributed by atoms with E-state index in [1.165, 1.54) is 4.68 Å². The summed E-state index contributed by atoms with van der Waals surface area (Å²) >= 11 is 0. The van der Waals surface area contributed by atoms with Gasteiger partial charge in [0.2, 0.25) is 11.8 Å². The van der Waals surface area contributed by atoms with Gasteiger partial charge in [0, 0.05) is 31.4 Å². The molecule has 0 aliphatic carbocycles. The van der Waals surface area contributed by atoms with E-state index >= 15 is 0 Å². The molecule has 2 aromatic heterocycles. The number of H-pyrrole nitrogens is 1. The van der Waals surface area contributed by atoms with E-state index in [1.54, 1.807) is 34.0 Å². The van der Waals surface area contributed by atoms with Crippen molar-refractivity contribution < 1.29 is 9.59 Å². The van der Waals surface area contributed by atoms with Crippen molar-refractivity contribution in [2.45, 2.75) is 31.8 Å². The Balaban J connectivity index is 1.49. The Morgan fingerprint density at radius 1 is 1.25 bits per heavy atom. The summed E-state index contributed by atoms with van der Waals surface area (Å²) in [6, 6.07) is 7.19. The van der Waals surface area contributed by atoms with E-state index in [4.69, 9.17) is 5.73 Å². The molecule has 9 heteroatoms. The minimum Gasteiger partial charge on any atom is -0.368 e. The second kappa shape index (κ2) is 7.34. The lowest BCUT2D eigenvalue weighted by molar-refractivity contribution is -0.133. The lowest BCUT2D eigenvalue weighted by atomic mass is 9.97. The molecule has 0 bridgehead atoms. The number of nitrogens with zero attached hydrogens (tertiary/aromatic N) is 4. The zero-order valence-electron chi connectivity index (χ0n) is 15.4. The quantitative estimate of drug-likeness (QED) is 0.664. The van der Waals surface area contributed by atoms with Gasteiger partial charge in [-0.1, -0.05) is 12.1 Å². The molecule has 1 saturated heterocycles. The van der Waals surface area contributed by atoms with Crippen LogP contribution in [-0.4, -0.2) is 49.1 Å².